The van der Waals surface area contributed by atoms with Crippen molar-refractivity contribution in [2.75, 3.05) is 0 Å². The van der Waals surface area contributed by atoms with Crippen molar-refractivity contribution in [3.63, 3.8) is 0 Å². The van der Waals surface area contributed by atoms with Crippen LogP contribution >= 0.6 is 15.2 Å². The molecule has 3 N–H and O–H groups in total. The van der Waals surface area contributed by atoms with Crippen LogP contribution in [0.25, 0.3) is 0 Å². The number of rotatable bonds is 7. The summed E-state index contributed by atoms with van der Waals surface area (Å²) >= 11 is 0. The summed E-state index contributed by atoms with van der Waals surface area (Å²) in [6.45, 7) is 1.96. The maximum absolute atomic E-state index is 10.8. The Labute approximate surface area is 117 Å². The molecule has 6 nitrogen and oxygen atoms in total. The smallest absolute Gasteiger partial charge is 0.778 e. The molecule has 2 atom stereocenters. The molecule has 0 aromatic carbocycles. The van der Waals surface area contributed by atoms with E-state index < -0.39 is 20.6 Å². The molecule has 9 heteroatoms. The maximum atomic E-state index is 10.8. The fourth-order valence-electron chi connectivity index (χ4n) is 1.28. The van der Waals surface area contributed by atoms with E-state index in [1.165, 1.54) is 0 Å². The van der Waals surface area contributed by atoms with Gasteiger partial charge in [-0.15, -0.1) is 0 Å². The molecule has 0 spiro atoms. The number of unbranched alkanes of at least 4 members (excludes halogenated alkanes) is 3. The Kier molecular flexibility index (Phi) is 10.3. The van der Waals surface area contributed by atoms with Gasteiger partial charge in [-0.05, 0) is 6.42 Å². The zero-order valence-corrected chi connectivity index (χ0v) is 13.4. The van der Waals surface area contributed by atoms with Crippen molar-refractivity contribution in [3.8, 4) is 0 Å². The Morgan fingerprint density at radius 3 is 1.94 bits per heavy atom. The molecule has 0 heterocycles. The summed E-state index contributed by atoms with van der Waals surface area (Å²) in [7, 11) is -9.73. The minimum Gasteiger partial charge on any atom is -0.778 e. The van der Waals surface area contributed by atoms with Gasteiger partial charge in [0.05, 0.1) is 0 Å². The molecule has 0 amide bonds. The van der Waals surface area contributed by atoms with Crippen LogP contribution in [0.3, 0.4) is 0 Å². The van der Waals surface area contributed by atoms with Gasteiger partial charge in [-0.1, -0.05) is 32.6 Å². The van der Waals surface area contributed by atoms with Crippen molar-refractivity contribution in [2.24, 2.45) is 0 Å². The van der Waals surface area contributed by atoms with Crippen LogP contribution in [0.5, 0.6) is 0 Å². The van der Waals surface area contributed by atoms with Gasteiger partial charge in [-0.3, -0.25) is 4.57 Å². The topological polar surface area (TPSA) is 118 Å². The van der Waals surface area contributed by atoms with E-state index in [1.807, 2.05) is 6.92 Å². The van der Waals surface area contributed by atoms with Gasteiger partial charge in [0, 0.05) is 0 Å². The Hall–Kier alpha value is 1.30. The van der Waals surface area contributed by atoms with Crippen molar-refractivity contribution in [1.82, 2.24) is 0 Å². The Morgan fingerprint density at radius 2 is 1.62 bits per heavy atom. The van der Waals surface area contributed by atoms with Gasteiger partial charge in [-0.25, -0.2) is 0 Å². The van der Waals surface area contributed by atoms with E-state index >= 15 is 0 Å². The van der Waals surface area contributed by atoms with Crippen molar-refractivity contribution < 1.29 is 58.3 Å². The van der Waals surface area contributed by atoms with E-state index in [9.17, 15) is 14.0 Å². The molecule has 0 aliphatic rings. The molecule has 0 saturated carbocycles. The first-order valence-electron chi connectivity index (χ1n) is 4.78. The summed E-state index contributed by atoms with van der Waals surface area (Å²) in [4.78, 5) is 36.9. The van der Waals surface area contributed by atoms with Crippen LogP contribution in [0.2, 0.25) is 0 Å². The molecular weight excluding hydrogens is 265 g/mol. The SMILES string of the molecule is CCCCCCC(P(=O)([O-])O)P(=O)(O)O.[Na+]. The Morgan fingerprint density at radius 1 is 1.12 bits per heavy atom. The van der Waals surface area contributed by atoms with E-state index in [4.69, 9.17) is 14.7 Å². The van der Waals surface area contributed by atoms with Gasteiger partial charge in [0.1, 0.15) is 13.0 Å². The molecule has 0 saturated heterocycles. The van der Waals surface area contributed by atoms with Crippen molar-refractivity contribution in [1.29, 1.82) is 0 Å². The summed E-state index contributed by atoms with van der Waals surface area (Å²) < 4.78 is 21.5. The van der Waals surface area contributed by atoms with Crippen molar-refractivity contribution >= 4 is 15.2 Å². The summed E-state index contributed by atoms with van der Waals surface area (Å²) in [5.74, 6) is 0. The minimum atomic E-state index is -4.96. The molecule has 0 rings (SSSR count). The Balaban J connectivity index is 0. The zero-order valence-electron chi connectivity index (χ0n) is 9.57. The Bertz CT molecular complexity index is 250. The summed E-state index contributed by atoms with van der Waals surface area (Å²) in [5, 5.41) is -1.94. The molecule has 0 radical (unpaired) electrons. The van der Waals surface area contributed by atoms with E-state index in [0.717, 1.165) is 12.8 Å². The van der Waals surface area contributed by atoms with Crippen LogP contribution in [0, 0.1) is 0 Å². The van der Waals surface area contributed by atoms with Gasteiger partial charge < -0.3 is 24.1 Å². The van der Waals surface area contributed by atoms with Crippen LogP contribution in [0.15, 0.2) is 0 Å². The molecule has 0 aliphatic carbocycles. The third-order valence-corrected chi connectivity index (χ3v) is 5.91. The van der Waals surface area contributed by atoms with E-state index in [1.54, 1.807) is 0 Å². The zero-order chi connectivity index (χ0) is 12.1. The molecular formula is C7H17NaO6P2. The average Bonchev–Trinajstić information content (AvgIpc) is 1.99. The molecule has 2 unspecified atom stereocenters. The molecule has 16 heavy (non-hydrogen) atoms. The second-order valence-electron chi connectivity index (χ2n) is 3.48. The summed E-state index contributed by atoms with van der Waals surface area (Å²) in [6.07, 6.45) is 2.71. The maximum Gasteiger partial charge on any atom is 1.00 e. The molecule has 0 fully saturated rings. The van der Waals surface area contributed by atoms with Gasteiger partial charge >= 0.3 is 37.2 Å². The van der Waals surface area contributed by atoms with E-state index in [0.29, 0.717) is 12.8 Å². The van der Waals surface area contributed by atoms with Crippen LogP contribution in [-0.2, 0) is 9.13 Å². The fourth-order valence-corrected chi connectivity index (χ4v) is 3.82. The quantitative estimate of drug-likeness (QED) is 0.283. The summed E-state index contributed by atoms with van der Waals surface area (Å²) in [5.41, 5.74) is 0. The van der Waals surface area contributed by atoms with Gasteiger partial charge in [-0.2, -0.15) is 0 Å². The van der Waals surface area contributed by atoms with Gasteiger partial charge in [0.2, 0.25) is 0 Å². The molecule has 0 bridgehead atoms. The fraction of sp³-hybridized carbons (Fsp3) is 1.00. The molecule has 0 aromatic rings. The molecule has 92 valence electrons. The van der Waals surface area contributed by atoms with Gasteiger partial charge in [0.15, 0.2) is 0 Å². The van der Waals surface area contributed by atoms with Gasteiger partial charge in [0.25, 0.3) is 0 Å². The normalized spacial score (nSPS) is 17.3. The van der Waals surface area contributed by atoms with Crippen LogP contribution < -0.4 is 34.5 Å². The van der Waals surface area contributed by atoms with Crippen LogP contribution in [0.4, 0.5) is 0 Å². The largest absolute Gasteiger partial charge is 1.00 e. The predicted molar refractivity (Wildman–Crippen MR) is 54.4 cm³/mol. The van der Waals surface area contributed by atoms with Crippen LogP contribution in [-0.4, -0.2) is 20.1 Å². The second-order valence-corrected chi connectivity index (χ2v) is 7.44. The summed E-state index contributed by atoms with van der Waals surface area (Å²) in [6, 6.07) is 0. The third-order valence-electron chi connectivity index (χ3n) is 2.08. The first kappa shape index (κ1) is 19.6. The monoisotopic (exact) mass is 282 g/mol. The molecule has 0 aromatic heterocycles. The predicted octanol–water partition coefficient (Wildman–Crippen LogP) is -1.99. The van der Waals surface area contributed by atoms with Crippen LogP contribution in [0.1, 0.15) is 39.0 Å². The van der Waals surface area contributed by atoms with E-state index in [-0.39, 0.29) is 36.0 Å². The standard InChI is InChI=1S/C7H18O6P2.Na/c1-2-3-4-5-6-7(14(8,9)10)15(11,12)13;/h7H,2-6H2,1H3,(H2,8,9,10)(H2,11,12,13);/q;+1/p-1. The minimum absolute atomic E-state index is 0. The second kappa shape index (κ2) is 8.41. The van der Waals surface area contributed by atoms with E-state index in [2.05, 4.69) is 0 Å². The third kappa shape index (κ3) is 8.40. The van der Waals surface area contributed by atoms with Crippen molar-refractivity contribution in [2.45, 2.75) is 44.4 Å². The molecule has 0 aliphatic heterocycles. The first-order chi connectivity index (χ1) is 6.69. The average molecular weight is 282 g/mol. The number of hydrogen-bond donors (Lipinski definition) is 3. The number of hydrogen-bond acceptors (Lipinski definition) is 3. The van der Waals surface area contributed by atoms with Crippen molar-refractivity contribution in [3.05, 3.63) is 0 Å². The first-order valence-corrected chi connectivity index (χ1v) is 8.11.